The second-order valence-corrected chi connectivity index (χ2v) is 12.2. The Bertz CT molecular complexity index is 1300. The smallest absolute Gasteiger partial charge is 0.253 e. The summed E-state index contributed by atoms with van der Waals surface area (Å²) in [5, 5.41) is 2.20. The van der Waals surface area contributed by atoms with Gasteiger partial charge in [-0.2, -0.15) is 0 Å². The molecule has 2 aliphatic rings. The molecule has 0 radical (unpaired) electrons. The first-order valence-corrected chi connectivity index (χ1v) is 14.8. The van der Waals surface area contributed by atoms with Crippen LogP contribution in [0.4, 0.5) is 0 Å². The van der Waals surface area contributed by atoms with Crippen LogP contribution in [0.1, 0.15) is 57.3 Å². The lowest BCUT2D eigenvalue weighted by molar-refractivity contribution is 0.0714. The van der Waals surface area contributed by atoms with Crippen LogP contribution >= 0.6 is 11.3 Å². The zero-order valence-corrected chi connectivity index (χ0v) is 23.4. The molecule has 2 N–H and O–H groups in total. The molecule has 2 fully saturated rings. The lowest BCUT2D eigenvalue weighted by Gasteiger charge is -2.39. The third-order valence-electron chi connectivity index (χ3n) is 8.44. The minimum absolute atomic E-state index is 0.165. The summed E-state index contributed by atoms with van der Waals surface area (Å²) in [6.45, 7) is 9.40. The van der Waals surface area contributed by atoms with Gasteiger partial charge in [0, 0.05) is 61.4 Å². The Morgan fingerprint density at radius 3 is 2.21 bits per heavy atom. The summed E-state index contributed by atoms with van der Waals surface area (Å²) < 4.78 is 0. The van der Waals surface area contributed by atoms with Crippen LogP contribution < -0.4 is 0 Å². The first-order valence-electron chi connectivity index (χ1n) is 13.9. The van der Waals surface area contributed by atoms with Gasteiger partial charge in [-0.25, -0.2) is 9.97 Å². The molecule has 3 aromatic heterocycles. The van der Waals surface area contributed by atoms with E-state index in [1.165, 1.54) is 23.3 Å². The van der Waals surface area contributed by atoms with Crippen LogP contribution in [-0.2, 0) is 26.2 Å². The summed E-state index contributed by atoms with van der Waals surface area (Å²) in [7, 11) is 0. The quantitative estimate of drug-likeness (QED) is 0.316. The number of nitrogens with zero attached hydrogens (tertiary/aromatic N) is 5. The van der Waals surface area contributed by atoms with E-state index in [1.54, 1.807) is 12.4 Å². The molecule has 6 rings (SSSR count). The highest BCUT2D eigenvalue weighted by Crippen LogP contribution is 2.41. The van der Waals surface area contributed by atoms with E-state index >= 15 is 0 Å². The summed E-state index contributed by atoms with van der Waals surface area (Å²) in [6.07, 6.45) is 10.7. The number of thiophene rings is 1. The van der Waals surface area contributed by atoms with E-state index in [-0.39, 0.29) is 11.3 Å². The first-order chi connectivity index (χ1) is 19.1. The largest absolute Gasteiger partial charge is 0.348 e. The molecule has 2 aliphatic heterocycles. The predicted octanol–water partition coefficient (Wildman–Crippen LogP) is 4.83. The van der Waals surface area contributed by atoms with Crippen LogP contribution in [0.25, 0.3) is 0 Å². The number of aromatic nitrogens is 4. The number of amides is 1. The van der Waals surface area contributed by atoms with Crippen molar-refractivity contribution in [3.63, 3.8) is 0 Å². The van der Waals surface area contributed by atoms with Crippen LogP contribution in [0.15, 0.2) is 60.5 Å². The van der Waals surface area contributed by atoms with Crippen molar-refractivity contribution in [1.82, 2.24) is 34.6 Å². The summed E-state index contributed by atoms with van der Waals surface area (Å²) >= 11 is 1.87. The fourth-order valence-corrected chi connectivity index (χ4v) is 6.97. The number of nitrogens with one attached hydrogen (secondary N) is 2. The molecule has 0 aliphatic carbocycles. The number of rotatable bonds is 9. The molecule has 39 heavy (non-hydrogen) atoms. The number of hydrogen-bond donors (Lipinski definition) is 2. The van der Waals surface area contributed by atoms with Gasteiger partial charge in [0.2, 0.25) is 0 Å². The molecule has 204 valence electrons. The Hall–Kier alpha value is -3.27. The molecular formula is C30H37N7OS. The van der Waals surface area contributed by atoms with Gasteiger partial charge in [0.25, 0.3) is 5.91 Å². The van der Waals surface area contributed by atoms with Gasteiger partial charge in [-0.05, 0) is 79.4 Å². The van der Waals surface area contributed by atoms with Crippen molar-refractivity contribution in [3.05, 3.63) is 93.7 Å². The Balaban J connectivity index is 1.04. The van der Waals surface area contributed by atoms with Gasteiger partial charge in [-0.3, -0.25) is 14.6 Å². The van der Waals surface area contributed by atoms with E-state index < -0.39 is 0 Å². The maximum absolute atomic E-state index is 13.4. The van der Waals surface area contributed by atoms with Gasteiger partial charge in [0.05, 0.1) is 13.1 Å². The van der Waals surface area contributed by atoms with E-state index in [2.05, 4.69) is 65.1 Å². The topological polar surface area (TPSA) is 84.2 Å². The highest BCUT2D eigenvalue weighted by molar-refractivity contribution is 7.10. The van der Waals surface area contributed by atoms with E-state index in [1.807, 2.05) is 35.9 Å². The SMILES string of the molecule is Cc1ccsc1CN1CCC2(CC1)CCN(C(=O)c1ccc(CN(Cc3ncc[nH]3)Cc3ncc[nH]3)cc1)C2. The Kier molecular flexibility index (Phi) is 7.63. The van der Waals surface area contributed by atoms with Crippen LogP contribution in [-0.4, -0.2) is 66.7 Å². The number of benzene rings is 1. The van der Waals surface area contributed by atoms with Gasteiger partial charge in [0.15, 0.2) is 0 Å². The first kappa shape index (κ1) is 26.0. The van der Waals surface area contributed by atoms with E-state index in [4.69, 9.17) is 0 Å². The summed E-state index contributed by atoms with van der Waals surface area (Å²) in [5.41, 5.74) is 3.64. The molecule has 8 nitrogen and oxygen atoms in total. The number of aryl methyl sites for hydroxylation is 1. The van der Waals surface area contributed by atoms with Crippen LogP contribution in [0.2, 0.25) is 0 Å². The lowest BCUT2D eigenvalue weighted by Crippen LogP contribution is -2.41. The van der Waals surface area contributed by atoms with Crippen LogP contribution in [0.5, 0.6) is 0 Å². The molecule has 1 spiro atoms. The Labute approximate surface area is 234 Å². The molecule has 0 saturated carbocycles. The van der Waals surface area contributed by atoms with Crippen molar-refractivity contribution in [1.29, 1.82) is 0 Å². The fraction of sp³-hybridized carbons (Fsp3) is 0.433. The van der Waals surface area contributed by atoms with Gasteiger partial charge >= 0.3 is 0 Å². The van der Waals surface area contributed by atoms with E-state index in [0.29, 0.717) is 13.1 Å². The molecule has 0 bridgehead atoms. The monoisotopic (exact) mass is 543 g/mol. The second-order valence-electron chi connectivity index (χ2n) is 11.2. The number of piperidine rings is 1. The number of carbonyl (C=O) groups is 1. The predicted molar refractivity (Wildman–Crippen MR) is 153 cm³/mol. The zero-order chi connectivity index (χ0) is 26.7. The fourth-order valence-electron chi connectivity index (χ4n) is 6.02. The molecule has 2 saturated heterocycles. The maximum Gasteiger partial charge on any atom is 0.253 e. The molecule has 4 aromatic rings. The molecule has 0 unspecified atom stereocenters. The number of likely N-dealkylation sites (tertiary alicyclic amines) is 2. The van der Waals surface area contributed by atoms with E-state index in [0.717, 1.165) is 68.5 Å². The molecule has 1 amide bonds. The number of hydrogen-bond acceptors (Lipinski definition) is 6. The lowest BCUT2D eigenvalue weighted by atomic mass is 9.78. The normalized spacial score (nSPS) is 17.4. The third-order valence-corrected chi connectivity index (χ3v) is 9.45. The molecule has 5 heterocycles. The number of aromatic amines is 2. The summed E-state index contributed by atoms with van der Waals surface area (Å²) in [6, 6.07) is 10.4. The van der Waals surface area contributed by atoms with Gasteiger partial charge < -0.3 is 14.9 Å². The van der Waals surface area contributed by atoms with Gasteiger partial charge in [0.1, 0.15) is 11.6 Å². The number of H-pyrrole nitrogens is 2. The second kappa shape index (κ2) is 11.5. The van der Waals surface area contributed by atoms with Crippen molar-refractivity contribution in [3.8, 4) is 0 Å². The Morgan fingerprint density at radius 1 is 0.949 bits per heavy atom. The van der Waals surface area contributed by atoms with Crippen molar-refractivity contribution in [2.45, 2.75) is 52.4 Å². The minimum atomic E-state index is 0.165. The molecule has 0 atom stereocenters. The van der Waals surface area contributed by atoms with Crippen molar-refractivity contribution in [2.75, 3.05) is 26.2 Å². The highest BCUT2D eigenvalue weighted by Gasteiger charge is 2.42. The minimum Gasteiger partial charge on any atom is -0.348 e. The van der Waals surface area contributed by atoms with Crippen molar-refractivity contribution < 1.29 is 4.79 Å². The van der Waals surface area contributed by atoms with Crippen LogP contribution in [0.3, 0.4) is 0 Å². The Morgan fingerprint density at radius 2 is 1.62 bits per heavy atom. The maximum atomic E-state index is 13.4. The molecular weight excluding hydrogens is 506 g/mol. The average molecular weight is 544 g/mol. The third kappa shape index (κ3) is 6.16. The highest BCUT2D eigenvalue weighted by atomic mass is 32.1. The van der Waals surface area contributed by atoms with E-state index in [9.17, 15) is 4.79 Å². The number of carbonyl (C=O) groups excluding carboxylic acids is 1. The van der Waals surface area contributed by atoms with Crippen LogP contribution in [0, 0.1) is 12.3 Å². The van der Waals surface area contributed by atoms with Gasteiger partial charge in [-0.15, -0.1) is 11.3 Å². The van der Waals surface area contributed by atoms with Crippen molar-refractivity contribution in [2.24, 2.45) is 5.41 Å². The van der Waals surface area contributed by atoms with Gasteiger partial charge in [-0.1, -0.05) is 12.1 Å². The summed E-state index contributed by atoms with van der Waals surface area (Å²) in [5.74, 6) is 2.01. The molecule has 1 aromatic carbocycles. The average Bonchev–Trinajstić information content (AvgIpc) is 3.77. The van der Waals surface area contributed by atoms with Crippen molar-refractivity contribution >= 4 is 17.2 Å². The zero-order valence-electron chi connectivity index (χ0n) is 22.6. The standard InChI is InChI=1S/C30H37N7OS/c1-23-6-17-39-26(23)19-35-14-7-30(8-15-35)9-16-37(22-30)29(38)25-4-2-24(3-5-25)18-36(20-27-31-10-11-32-27)21-28-33-12-13-34-28/h2-6,10-13,17H,7-9,14-16,18-22H2,1H3,(H,31,32)(H,33,34). The molecule has 9 heteroatoms. The summed E-state index contributed by atoms with van der Waals surface area (Å²) in [4.78, 5) is 37.0. The number of imidazole rings is 2.